The number of rotatable bonds is 1. The summed E-state index contributed by atoms with van der Waals surface area (Å²) in [6, 6.07) is 7.96. The first-order chi connectivity index (χ1) is 17.8. The third-order valence-corrected chi connectivity index (χ3v) is 9.73. The van der Waals surface area contributed by atoms with E-state index in [0.29, 0.717) is 12.1 Å². The minimum Gasteiger partial charge on any atom is -0.327 e. The first kappa shape index (κ1) is 30.9. The molecule has 2 nitrogen and oxygen atoms in total. The van der Waals surface area contributed by atoms with Gasteiger partial charge in [0.05, 0.1) is 0 Å². The highest BCUT2D eigenvalue weighted by Gasteiger charge is 2.28. The summed E-state index contributed by atoms with van der Waals surface area (Å²) in [5.41, 5.74) is 26.8. The van der Waals surface area contributed by atoms with Crippen LogP contribution in [-0.2, 0) is 51.4 Å². The predicted molar refractivity (Wildman–Crippen MR) is 167 cm³/mol. The highest BCUT2D eigenvalue weighted by atomic mass is 14.6. The van der Waals surface area contributed by atoms with Crippen molar-refractivity contribution in [1.29, 1.82) is 0 Å². The molecule has 0 radical (unpaired) electrons. The fourth-order valence-electron chi connectivity index (χ4n) is 7.48. The van der Waals surface area contributed by atoms with Gasteiger partial charge in [0.25, 0.3) is 0 Å². The number of hydrogen-bond donors (Lipinski definition) is 2. The summed E-state index contributed by atoms with van der Waals surface area (Å²) in [4.78, 5) is 0. The lowest BCUT2D eigenvalue weighted by atomic mass is 9.73. The molecule has 4 N–H and O–H groups in total. The molecular formula is C36H58N2. The molecule has 0 fully saturated rings. The van der Waals surface area contributed by atoms with E-state index in [4.69, 9.17) is 11.5 Å². The molecule has 0 spiro atoms. The average Bonchev–Trinajstić information content (AvgIpc) is 2.89. The van der Waals surface area contributed by atoms with E-state index in [-0.39, 0.29) is 7.43 Å². The molecule has 2 aromatic carbocycles. The predicted octanol–water partition coefficient (Wildman–Crippen LogP) is 7.86. The molecule has 0 aromatic heterocycles. The van der Waals surface area contributed by atoms with Crippen LogP contribution in [0, 0.1) is 24.7 Å². The maximum absolute atomic E-state index is 6.16. The molecule has 0 amide bonds. The van der Waals surface area contributed by atoms with Crippen molar-refractivity contribution in [2.24, 2.45) is 29.2 Å². The van der Waals surface area contributed by atoms with Crippen molar-refractivity contribution in [3.05, 3.63) is 68.3 Å². The Morgan fingerprint density at radius 3 is 1.84 bits per heavy atom. The minimum atomic E-state index is 0. The minimum absolute atomic E-state index is 0. The smallest absolute Gasteiger partial charge is 0.00826 e. The van der Waals surface area contributed by atoms with Crippen molar-refractivity contribution in [3.63, 3.8) is 0 Å². The second-order valence-corrected chi connectivity index (χ2v) is 12.7. The van der Waals surface area contributed by atoms with Gasteiger partial charge < -0.3 is 11.5 Å². The monoisotopic (exact) mass is 518 g/mol. The van der Waals surface area contributed by atoms with Gasteiger partial charge in [0, 0.05) is 12.1 Å². The second kappa shape index (κ2) is 13.6. The van der Waals surface area contributed by atoms with Crippen LogP contribution in [0.5, 0.6) is 0 Å². The summed E-state index contributed by atoms with van der Waals surface area (Å²) in [5, 5.41) is 0. The maximum Gasteiger partial charge on any atom is 0.00826 e. The van der Waals surface area contributed by atoms with Crippen LogP contribution in [0.1, 0.15) is 118 Å². The number of aryl methyl sites for hydroxylation is 1. The van der Waals surface area contributed by atoms with Gasteiger partial charge in [-0.25, -0.2) is 0 Å². The summed E-state index contributed by atoms with van der Waals surface area (Å²) >= 11 is 0. The molecule has 0 bridgehead atoms. The molecule has 2 aromatic rings. The molecule has 212 valence electrons. The number of fused-ring (bicyclic) bond motifs is 6. The summed E-state index contributed by atoms with van der Waals surface area (Å²) in [7, 11) is 0. The fraction of sp³-hybridized carbons (Fsp3) is 0.667. The third-order valence-electron chi connectivity index (χ3n) is 9.73. The van der Waals surface area contributed by atoms with Crippen LogP contribution in [0.3, 0.4) is 0 Å². The Labute approximate surface area is 235 Å². The van der Waals surface area contributed by atoms with Crippen LogP contribution in [0.2, 0.25) is 0 Å². The molecule has 6 rings (SSSR count). The van der Waals surface area contributed by atoms with Gasteiger partial charge in [-0.3, -0.25) is 0 Å². The molecule has 4 atom stereocenters. The first-order valence-corrected chi connectivity index (χ1v) is 15.6. The van der Waals surface area contributed by atoms with Crippen molar-refractivity contribution in [3.8, 4) is 0 Å². The lowest BCUT2D eigenvalue weighted by Crippen LogP contribution is -2.30. The van der Waals surface area contributed by atoms with Crippen molar-refractivity contribution < 1.29 is 0 Å². The van der Waals surface area contributed by atoms with Crippen molar-refractivity contribution in [2.45, 2.75) is 138 Å². The van der Waals surface area contributed by atoms with Crippen LogP contribution < -0.4 is 11.5 Å². The van der Waals surface area contributed by atoms with Gasteiger partial charge in [0.2, 0.25) is 0 Å². The molecule has 0 saturated carbocycles. The van der Waals surface area contributed by atoms with E-state index >= 15 is 0 Å². The van der Waals surface area contributed by atoms with Crippen molar-refractivity contribution >= 4 is 0 Å². The Bertz CT molecular complexity index is 1030. The zero-order valence-corrected chi connectivity index (χ0v) is 24.8. The van der Waals surface area contributed by atoms with Gasteiger partial charge in [0.15, 0.2) is 0 Å². The molecule has 38 heavy (non-hydrogen) atoms. The first-order valence-electron chi connectivity index (χ1n) is 15.6. The molecule has 4 aliphatic rings. The van der Waals surface area contributed by atoms with Crippen LogP contribution in [0.4, 0.5) is 0 Å². The average molecular weight is 519 g/mol. The molecule has 4 aliphatic carbocycles. The Kier molecular flexibility index (Phi) is 11.1. The van der Waals surface area contributed by atoms with E-state index in [0.717, 1.165) is 30.6 Å². The highest BCUT2D eigenvalue weighted by Crippen LogP contribution is 2.37. The van der Waals surface area contributed by atoms with E-state index in [1.165, 1.54) is 75.3 Å². The normalized spacial score (nSPS) is 25.2. The molecule has 0 saturated heterocycles. The lowest BCUT2D eigenvalue weighted by Gasteiger charge is -2.33. The Balaban J connectivity index is 0.000000195. The SMILES string of the molecule is C.CC.CC1CCc2c(ccc3c2CCC(N)C3)C1.Cc1cc2c(c3c1CC(N)CC3)CCC(C(C)C)C2. The summed E-state index contributed by atoms with van der Waals surface area (Å²) in [6.45, 7) is 13.4. The van der Waals surface area contributed by atoms with Crippen molar-refractivity contribution in [1.82, 2.24) is 0 Å². The van der Waals surface area contributed by atoms with E-state index in [1.54, 1.807) is 38.9 Å². The Morgan fingerprint density at radius 1 is 0.658 bits per heavy atom. The largest absolute Gasteiger partial charge is 0.327 e. The molecule has 4 unspecified atom stereocenters. The van der Waals surface area contributed by atoms with E-state index < -0.39 is 0 Å². The molecule has 0 aliphatic heterocycles. The van der Waals surface area contributed by atoms with Gasteiger partial charge in [-0.15, -0.1) is 0 Å². The number of nitrogens with two attached hydrogens (primary N) is 2. The number of benzene rings is 2. The van der Waals surface area contributed by atoms with Gasteiger partial charge in [-0.2, -0.15) is 0 Å². The van der Waals surface area contributed by atoms with Gasteiger partial charge in [-0.05, 0) is 152 Å². The topological polar surface area (TPSA) is 52.0 Å². The van der Waals surface area contributed by atoms with Gasteiger partial charge >= 0.3 is 0 Å². The Morgan fingerprint density at radius 2 is 1.18 bits per heavy atom. The van der Waals surface area contributed by atoms with E-state index in [2.05, 4.69) is 45.9 Å². The maximum atomic E-state index is 6.16. The Hall–Kier alpha value is -1.64. The zero-order valence-electron chi connectivity index (χ0n) is 24.8. The molecule has 0 heterocycles. The number of hydrogen-bond acceptors (Lipinski definition) is 2. The van der Waals surface area contributed by atoms with Crippen molar-refractivity contribution in [2.75, 3.05) is 0 Å². The van der Waals surface area contributed by atoms with Crippen LogP contribution in [0.15, 0.2) is 18.2 Å². The quantitative estimate of drug-likeness (QED) is 0.404. The second-order valence-electron chi connectivity index (χ2n) is 12.7. The van der Waals surface area contributed by atoms with Crippen LogP contribution in [-0.4, -0.2) is 12.1 Å². The third kappa shape index (κ3) is 6.73. The fourth-order valence-corrected chi connectivity index (χ4v) is 7.48. The standard InChI is InChI=1S/C18H27N.C15H21N.C2H6.CH4/c1-11(2)13-4-6-16-14(9-13)8-12(3)18-10-15(19)5-7-17(16)18;1-10-2-6-14-11(8-10)3-4-12-9-13(16)5-7-15(12)14;1-2;/h8,11,13,15H,4-7,9-10,19H2,1-3H3;3-4,10,13H,2,5-9,16H2,1H3;1-2H3;1H4. The van der Waals surface area contributed by atoms with Crippen LogP contribution in [0.25, 0.3) is 0 Å². The van der Waals surface area contributed by atoms with Gasteiger partial charge in [-0.1, -0.05) is 60.2 Å². The van der Waals surface area contributed by atoms with Gasteiger partial charge in [0.1, 0.15) is 0 Å². The molecular weight excluding hydrogens is 460 g/mol. The summed E-state index contributed by atoms with van der Waals surface area (Å²) < 4.78 is 0. The summed E-state index contributed by atoms with van der Waals surface area (Å²) in [5.74, 6) is 2.57. The lowest BCUT2D eigenvalue weighted by molar-refractivity contribution is 0.341. The van der Waals surface area contributed by atoms with Crippen LogP contribution >= 0.6 is 0 Å². The van der Waals surface area contributed by atoms with E-state index in [1.807, 2.05) is 13.8 Å². The highest BCUT2D eigenvalue weighted by molar-refractivity contribution is 5.49. The summed E-state index contributed by atoms with van der Waals surface area (Å²) in [6.07, 6.45) is 14.9. The zero-order chi connectivity index (χ0) is 26.7. The molecule has 2 heteroatoms. The van der Waals surface area contributed by atoms with E-state index in [9.17, 15) is 0 Å².